The first kappa shape index (κ1) is 28.4. The summed E-state index contributed by atoms with van der Waals surface area (Å²) in [7, 11) is 1.72. The van der Waals surface area contributed by atoms with Gasteiger partial charge in [-0.05, 0) is 49.4 Å². The van der Waals surface area contributed by atoms with Crippen LogP contribution in [0.4, 0.5) is 16.2 Å². The molecule has 1 aliphatic heterocycles. The maximum atomic E-state index is 13.4. The third-order valence-electron chi connectivity index (χ3n) is 7.96. The average Bonchev–Trinajstić information content (AvgIpc) is 3.81. The minimum absolute atomic E-state index is 0.0129. The van der Waals surface area contributed by atoms with Crippen molar-refractivity contribution >= 4 is 40.0 Å². The van der Waals surface area contributed by atoms with Gasteiger partial charge in [0.05, 0.1) is 31.3 Å². The van der Waals surface area contributed by atoms with Crippen LogP contribution in [0.5, 0.6) is 5.75 Å². The van der Waals surface area contributed by atoms with E-state index in [9.17, 15) is 19.5 Å². The Kier molecular flexibility index (Phi) is 8.44. The molecule has 1 fully saturated rings. The zero-order valence-corrected chi connectivity index (χ0v) is 23.8. The van der Waals surface area contributed by atoms with Gasteiger partial charge in [0, 0.05) is 42.1 Å². The van der Waals surface area contributed by atoms with E-state index in [1.807, 2.05) is 56.3 Å². The fourth-order valence-electron chi connectivity index (χ4n) is 5.21. The molecule has 0 bridgehead atoms. The number of urea groups is 1. The van der Waals surface area contributed by atoms with Crippen LogP contribution in [0.3, 0.4) is 0 Å². The maximum absolute atomic E-state index is 13.4. The van der Waals surface area contributed by atoms with E-state index in [0.29, 0.717) is 23.5 Å². The van der Waals surface area contributed by atoms with E-state index >= 15 is 0 Å². The van der Waals surface area contributed by atoms with Crippen molar-refractivity contribution in [2.75, 3.05) is 37.4 Å². The molecule has 1 aliphatic carbocycles. The first-order chi connectivity index (χ1) is 19.7. The second-order valence-electron chi connectivity index (χ2n) is 11.3. The zero-order valence-electron chi connectivity index (χ0n) is 23.8. The molecular formula is C32H38N4O5. The van der Waals surface area contributed by atoms with Crippen molar-refractivity contribution in [1.29, 1.82) is 0 Å². The van der Waals surface area contributed by atoms with Crippen molar-refractivity contribution in [2.45, 2.75) is 45.3 Å². The van der Waals surface area contributed by atoms with E-state index in [1.54, 1.807) is 35.0 Å². The van der Waals surface area contributed by atoms with Crippen LogP contribution in [0.25, 0.3) is 10.8 Å². The fourth-order valence-corrected chi connectivity index (χ4v) is 5.21. The minimum Gasteiger partial charge on any atom is -0.488 e. The van der Waals surface area contributed by atoms with Crippen LogP contribution in [-0.2, 0) is 16.0 Å². The van der Waals surface area contributed by atoms with Gasteiger partial charge in [-0.25, -0.2) is 4.79 Å². The van der Waals surface area contributed by atoms with Gasteiger partial charge >= 0.3 is 6.03 Å². The van der Waals surface area contributed by atoms with Gasteiger partial charge in [0.25, 0.3) is 0 Å². The van der Waals surface area contributed by atoms with E-state index in [0.717, 1.165) is 29.3 Å². The number of hydrogen-bond donors (Lipinski definition) is 3. The van der Waals surface area contributed by atoms with Gasteiger partial charge in [-0.1, -0.05) is 43.3 Å². The van der Waals surface area contributed by atoms with E-state index in [1.165, 1.54) is 0 Å². The summed E-state index contributed by atoms with van der Waals surface area (Å²) in [6.07, 6.45) is 1.42. The van der Waals surface area contributed by atoms with Crippen LogP contribution in [0.1, 0.15) is 32.3 Å². The number of amides is 4. The molecule has 1 heterocycles. The number of fused-ring (bicyclic) bond motifs is 2. The third-order valence-corrected chi connectivity index (χ3v) is 7.96. The number of nitrogens with one attached hydrogen (secondary N) is 2. The van der Waals surface area contributed by atoms with E-state index in [2.05, 4.69) is 10.6 Å². The standard InChI is InChI=1S/C32H38N4O5/c1-20-17-36(21(2)19-37)30(38)16-24-15-25(33-31(39)23-11-12-23)13-14-28(24)41-29(20)18-35(3)32(40)34-27-10-6-8-22-7-4-5-9-26(22)27/h4-10,13-15,20-21,23,29,37H,11-12,16-19H2,1-3H3,(H,33,39)(H,34,40)/t20-,21-,29-/m1/s1. The van der Waals surface area contributed by atoms with E-state index in [-0.39, 0.29) is 55.3 Å². The molecule has 2 aliphatic rings. The normalized spacial score (nSPS) is 19.7. The molecule has 5 rings (SSSR count). The molecule has 3 aromatic rings. The number of carbonyl (C=O) groups is 3. The monoisotopic (exact) mass is 558 g/mol. The molecule has 3 aromatic carbocycles. The summed E-state index contributed by atoms with van der Waals surface area (Å²) in [6, 6.07) is 18.4. The summed E-state index contributed by atoms with van der Waals surface area (Å²) in [5.74, 6) is 0.305. The first-order valence-electron chi connectivity index (χ1n) is 14.2. The Hall–Kier alpha value is -4.11. The lowest BCUT2D eigenvalue weighted by Crippen LogP contribution is -2.48. The van der Waals surface area contributed by atoms with Crippen molar-refractivity contribution in [1.82, 2.24) is 9.80 Å². The van der Waals surface area contributed by atoms with E-state index in [4.69, 9.17) is 4.74 Å². The summed E-state index contributed by atoms with van der Waals surface area (Å²) >= 11 is 0. The van der Waals surface area contributed by atoms with Gasteiger partial charge in [0.2, 0.25) is 11.8 Å². The van der Waals surface area contributed by atoms with Crippen molar-refractivity contribution in [3.05, 3.63) is 66.2 Å². The number of benzene rings is 3. The minimum atomic E-state index is -0.441. The number of hydrogen-bond acceptors (Lipinski definition) is 5. The third kappa shape index (κ3) is 6.62. The summed E-state index contributed by atoms with van der Waals surface area (Å²) in [4.78, 5) is 42.4. The number of rotatable bonds is 7. The molecule has 216 valence electrons. The maximum Gasteiger partial charge on any atom is 0.321 e. The van der Waals surface area contributed by atoms with Gasteiger partial charge in [-0.15, -0.1) is 0 Å². The van der Waals surface area contributed by atoms with Gasteiger partial charge in [0.1, 0.15) is 11.9 Å². The van der Waals surface area contributed by atoms with Gasteiger partial charge in [-0.3, -0.25) is 9.59 Å². The largest absolute Gasteiger partial charge is 0.488 e. The average molecular weight is 559 g/mol. The second-order valence-corrected chi connectivity index (χ2v) is 11.3. The molecule has 0 radical (unpaired) electrons. The van der Waals surface area contributed by atoms with Crippen molar-refractivity contribution < 1.29 is 24.2 Å². The van der Waals surface area contributed by atoms with Gasteiger partial charge in [-0.2, -0.15) is 0 Å². The number of likely N-dealkylation sites (N-methyl/N-ethyl adjacent to an activating group) is 1. The number of nitrogens with zero attached hydrogens (tertiary/aromatic N) is 2. The number of anilines is 2. The molecule has 0 aromatic heterocycles. The van der Waals surface area contributed by atoms with Crippen LogP contribution in [0.15, 0.2) is 60.7 Å². The highest BCUT2D eigenvalue weighted by Crippen LogP contribution is 2.33. The molecule has 0 spiro atoms. The van der Waals surface area contributed by atoms with Gasteiger partial charge < -0.3 is 30.3 Å². The molecule has 9 nitrogen and oxygen atoms in total. The summed E-state index contributed by atoms with van der Waals surface area (Å²) < 4.78 is 6.52. The molecular weight excluding hydrogens is 520 g/mol. The number of carbonyl (C=O) groups excluding carboxylic acids is 3. The smallest absolute Gasteiger partial charge is 0.321 e. The Labute approximate surface area is 240 Å². The lowest BCUT2D eigenvalue weighted by Gasteiger charge is -2.34. The Balaban J connectivity index is 1.38. The zero-order chi connectivity index (χ0) is 29.1. The SMILES string of the molecule is C[C@@H]1CN([C@H](C)CO)C(=O)Cc2cc(NC(=O)C3CC3)ccc2O[C@@H]1CN(C)C(=O)Nc1cccc2ccccc12. The molecule has 3 N–H and O–H groups in total. The van der Waals surface area contributed by atoms with Crippen molar-refractivity contribution in [3.8, 4) is 5.75 Å². The molecule has 9 heteroatoms. The Morgan fingerprint density at radius 1 is 1.10 bits per heavy atom. The predicted octanol–water partition coefficient (Wildman–Crippen LogP) is 4.50. The van der Waals surface area contributed by atoms with Crippen LogP contribution >= 0.6 is 0 Å². The van der Waals surface area contributed by atoms with Crippen molar-refractivity contribution in [2.24, 2.45) is 11.8 Å². The van der Waals surface area contributed by atoms with Crippen molar-refractivity contribution in [3.63, 3.8) is 0 Å². The molecule has 1 saturated carbocycles. The molecule has 3 atom stereocenters. The van der Waals surface area contributed by atoms with Crippen LogP contribution < -0.4 is 15.4 Å². The number of aliphatic hydroxyl groups is 1. The Morgan fingerprint density at radius 2 is 1.85 bits per heavy atom. The predicted molar refractivity (Wildman–Crippen MR) is 159 cm³/mol. The molecule has 41 heavy (non-hydrogen) atoms. The number of ether oxygens (including phenoxy) is 1. The van der Waals surface area contributed by atoms with E-state index < -0.39 is 6.10 Å². The lowest BCUT2D eigenvalue weighted by atomic mass is 10.0. The lowest BCUT2D eigenvalue weighted by molar-refractivity contribution is -0.134. The highest BCUT2D eigenvalue weighted by molar-refractivity contribution is 6.01. The summed E-state index contributed by atoms with van der Waals surface area (Å²) in [6.45, 7) is 4.27. The highest BCUT2D eigenvalue weighted by Gasteiger charge is 2.33. The summed E-state index contributed by atoms with van der Waals surface area (Å²) in [5.41, 5.74) is 2.00. The topological polar surface area (TPSA) is 111 Å². The van der Waals surface area contributed by atoms with Crippen LogP contribution in [-0.4, -0.2) is 71.6 Å². The first-order valence-corrected chi connectivity index (χ1v) is 14.2. The second kappa shape index (κ2) is 12.2. The molecule has 0 unspecified atom stereocenters. The fraction of sp³-hybridized carbons (Fsp3) is 0.406. The Morgan fingerprint density at radius 3 is 2.61 bits per heavy atom. The molecule has 4 amide bonds. The van der Waals surface area contributed by atoms with Crippen LogP contribution in [0.2, 0.25) is 0 Å². The quantitative estimate of drug-likeness (QED) is 0.396. The highest BCUT2D eigenvalue weighted by atomic mass is 16.5. The summed E-state index contributed by atoms with van der Waals surface area (Å²) in [5, 5.41) is 17.8. The van der Waals surface area contributed by atoms with Gasteiger partial charge in [0.15, 0.2) is 0 Å². The molecule has 0 saturated heterocycles. The Bertz CT molecular complexity index is 1430. The van der Waals surface area contributed by atoms with Crippen LogP contribution in [0, 0.1) is 11.8 Å². The number of aliphatic hydroxyl groups excluding tert-OH is 1.